The van der Waals surface area contributed by atoms with Crippen molar-refractivity contribution in [2.75, 3.05) is 21.2 Å². The Morgan fingerprint density at radius 3 is 2.45 bits per heavy atom. The fourth-order valence-electron chi connectivity index (χ4n) is 5.41. The number of phenolic OH excluding ortho intramolecular Hbond substituents is 1. The molecule has 10 nitrogen and oxygen atoms in total. The van der Waals surface area contributed by atoms with E-state index in [1.807, 2.05) is 0 Å². The van der Waals surface area contributed by atoms with Gasteiger partial charge in [0.2, 0.25) is 5.78 Å². The normalized spacial score (nSPS) is 29.1. The number of rotatable bonds is 3. The first-order valence-electron chi connectivity index (χ1n) is 10.1. The smallest absolute Gasteiger partial charge is 0.255 e. The van der Waals surface area contributed by atoms with Crippen LogP contribution >= 0.6 is 15.9 Å². The maximum atomic E-state index is 13.5. The lowest BCUT2D eigenvalue weighted by atomic mass is 9.58. The fourth-order valence-corrected chi connectivity index (χ4v) is 5.97. The first-order valence-corrected chi connectivity index (χ1v) is 10.9. The second-order valence-electron chi connectivity index (χ2n) is 8.73. The van der Waals surface area contributed by atoms with Crippen LogP contribution in [0.25, 0.3) is 0 Å². The standard InChI is InChI=1S/C22H23BrN2O8/c1-25(2)15-9-5-7-4-8-10(23)6-11(33-3)16(26)13(8)17(27)12(7)19(29)22(9,32)20(30)14(18(15)28)21(24)31/h6-7,9,15,26,28-29,32H,4-5H2,1-3H3,(H2,24,31)/t7?,9?,15-,22-/m0/s1. The molecule has 0 bridgehead atoms. The molecule has 0 saturated heterocycles. The molecule has 176 valence electrons. The first kappa shape index (κ1) is 23.3. The highest BCUT2D eigenvalue weighted by molar-refractivity contribution is 9.10. The number of aliphatic hydroxyl groups excluding tert-OH is 2. The van der Waals surface area contributed by atoms with Gasteiger partial charge in [-0.1, -0.05) is 15.9 Å². The predicted octanol–water partition coefficient (Wildman–Crippen LogP) is 0.892. The number of nitrogens with zero attached hydrogens (tertiary/aromatic N) is 1. The van der Waals surface area contributed by atoms with E-state index >= 15 is 0 Å². The van der Waals surface area contributed by atoms with Crippen LogP contribution in [0.2, 0.25) is 0 Å². The van der Waals surface area contributed by atoms with Crippen molar-refractivity contribution in [1.82, 2.24) is 4.90 Å². The third-order valence-electron chi connectivity index (χ3n) is 6.85. The van der Waals surface area contributed by atoms with E-state index in [1.165, 1.54) is 18.1 Å². The van der Waals surface area contributed by atoms with Crippen LogP contribution in [-0.2, 0) is 16.0 Å². The van der Waals surface area contributed by atoms with Crippen LogP contribution in [-0.4, -0.2) is 75.6 Å². The first-order chi connectivity index (χ1) is 15.4. The number of benzene rings is 1. The molecule has 0 spiro atoms. The van der Waals surface area contributed by atoms with E-state index in [2.05, 4.69) is 15.9 Å². The lowest BCUT2D eigenvalue weighted by molar-refractivity contribution is -0.148. The number of halogens is 1. The van der Waals surface area contributed by atoms with Gasteiger partial charge in [-0.05, 0) is 44.5 Å². The van der Waals surface area contributed by atoms with Gasteiger partial charge in [0.05, 0.1) is 18.7 Å². The maximum Gasteiger partial charge on any atom is 0.255 e. The Morgan fingerprint density at radius 2 is 1.91 bits per heavy atom. The van der Waals surface area contributed by atoms with Gasteiger partial charge in [-0.25, -0.2) is 0 Å². The minimum absolute atomic E-state index is 0.0326. The lowest BCUT2D eigenvalue weighted by Crippen LogP contribution is -2.63. The summed E-state index contributed by atoms with van der Waals surface area (Å²) in [7, 11) is 4.48. The van der Waals surface area contributed by atoms with Crippen molar-refractivity contribution in [3.05, 3.63) is 44.3 Å². The van der Waals surface area contributed by atoms with E-state index in [9.17, 15) is 34.8 Å². The van der Waals surface area contributed by atoms with Crippen molar-refractivity contribution < 1.29 is 39.5 Å². The van der Waals surface area contributed by atoms with E-state index in [4.69, 9.17) is 10.5 Å². The Morgan fingerprint density at radius 1 is 1.27 bits per heavy atom. The van der Waals surface area contributed by atoms with Gasteiger partial charge in [-0.3, -0.25) is 19.3 Å². The zero-order valence-corrected chi connectivity index (χ0v) is 19.6. The van der Waals surface area contributed by atoms with Crippen LogP contribution in [0.4, 0.5) is 0 Å². The number of aromatic hydroxyl groups is 1. The van der Waals surface area contributed by atoms with Gasteiger partial charge in [-0.15, -0.1) is 0 Å². The van der Waals surface area contributed by atoms with Crippen molar-refractivity contribution in [3.8, 4) is 11.5 Å². The van der Waals surface area contributed by atoms with Crippen molar-refractivity contribution in [2.24, 2.45) is 17.6 Å². The number of hydrogen-bond donors (Lipinski definition) is 5. The summed E-state index contributed by atoms with van der Waals surface area (Å²) in [4.78, 5) is 40.1. The quantitative estimate of drug-likeness (QED) is 0.361. The number of fused-ring (bicyclic) bond motifs is 3. The fraction of sp³-hybridized carbons (Fsp3) is 0.409. The van der Waals surface area contributed by atoms with Gasteiger partial charge in [0.25, 0.3) is 5.91 Å². The molecule has 1 aromatic rings. The van der Waals surface area contributed by atoms with Crippen LogP contribution in [0.15, 0.2) is 33.2 Å². The Hall–Kier alpha value is -2.89. The van der Waals surface area contributed by atoms with Gasteiger partial charge in [0.1, 0.15) is 17.1 Å². The third kappa shape index (κ3) is 2.95. The molecule has 6 N–H and O–H groups in total. The molecule has 3 aliphatic carbocycles. The number of likely N-dealkylation sites (N-methyl/N-ethyl adjacent to an activating group) is 1. The highest BCUT2D eigenvalue weighted by Crippen LogP contribution is 2.53. The number of carbonyl (C=O) groups excluding carboxylic acids is 3. The Bertz CT molecular complexity index is 1190. The monoisotopic (exact) mass is 522 g/mol. The largest absolute Gasteiger partial charge is 0.510 e. The van der Waals surface area contributed by atoms with Gasteiger partial charge in [-0.2, -0.15) is 0 Å². The highest BCUT2D eigenvalue weighted by Gasteiger charge is 2.63. The summed E-state index contributed by atoms with van der Waals surface area (Å²) in [6.07, 6.45) is 0.234. The molecule has 0 fully saturated rings. The molecular weight excluding hydrogens is 500 g/mol. The van der Waals surface area contributed by atoms with Crippen molar-refractivity contribution >= 4 is 33.4 Å². The Kier molecular flexibility index (Phi) is 5.34. The van der Waals surface area contributed by atoms with E-state index in [1.54, 1.807) is 14.1 Å². The van der Waals surface area contributed by atoms with Gasteiger partial charge in [0, 0.05) is 16.0 Å². The molecule has 4 rings (SSSR count). The number of ether oxygens (including phenoxy) is 1. The number of ketones is 2. The number of Topliss-reactive ketones (excluding diaryl/α,β-unsaturated/α-hetero) is 2. The van der Waals surface area contributed by atoms with Crippen molar-refractivity contribution in [3.63, 3.8) is 0 Å². The minimum atomic E-state index is -2.66. The topological polar surface area (TPSA) is 171 Å². The summed E-state index contributed by atoms with van der Waals surface area (Å²) in [6.45, 7) is 0. The molecule has 11 heteroatoms. The number of aliphatic hydroxyl groups is 3. The molecule has 0 saturated carbocycles. The summed E-state index contributed by atoms with van der Waals surface area (Å²) in [6, 6.07) is 0.499. The number of allylic oxidation sites excluding steroid dienone is 1. The predicted molar refractivity (Wildman–Crippen MR) is 118 cm³/mol. The van der Waals surface area contributed by atoms with E-state index < -0.39 is 63.8 Å². The van der Waals surface area contributed by atoms with Crippen LogP contribution in [0.3, 0.4) is 0 Å². The Labute approximate surface area is 197 Å². The van der Waals surface area contributed by atoms with Gasteiger partial charge >= 0.3 is 0 Å². The molecule has 0 aliphatic heterocycles. The lowest BCUT2D eigenvalue weighted by Gasteiger charge is -2.50. The second kappa shape index (κ2) is 7.57. The number of phenols is 1. The van der Waals surface area contributed by atoms with Crippen molar-refractivity contribution in [2.45, 2.75) is 24.5 Å². The average Bonchev–Trinajstić information content (AvgIpc) is 2.72. The second-order valence-corrected chi connectivity index (χ2v) is 9.58. The van der Waals surface area contributed by atoms with E-state index in [-0.39, 0.29) is 29.7 Å². The van der Waals surface area contributed by atoms with Crippen LogP contribution in [0, 0.1) is 11.8 Å². The number of carbonyl (C=O) groups is 3. The summed E-state index contributed by atoms with van der Waals surface area (Å²) in [5, 5.41) is 44.0. The number of hydrogen-bond acceptors (Lipinski definition) is 9. The van der Waals surface area contributed by atoms with Crippen LogP contribution in [0.1, 0.15) is 22.3 Å². The highest BCUT2D eigenvalue weighted by atomic mass is 79.9. The summed E-state index contributed by atoms with van der Waals surface area (Å²) in [5.41, 5.74) is 1.98. The van der Waals surface area contributed by atoms with Crippen LogP contribution in [0.5, 0.6) is 11.5 Å². The van der Waals surface area contributed by atoms with Crippen molar-refractivity contribution in [1.29, 1.82) is 0 Å². The van der Waals surface area contributed by atoms with Crippen LogP contribution < -0.4 is 10.5 Å². The molecule has 0 aromatic heterocycles. The van der Waals surface area contributed by atoms with E-state index in [0.717, 1.165) is 0 Å². The SMILES string of the molecule is COc1cc(Br)c2c(c1O)C(=O)C1=C(O)[C@]3(O)C(=O)C(C(N)=O)=C(O)[C@@H](N(C)C)C3CC1C2. The number of amides is 1. The molecule has 1 amide bonds. The average molecular weight is 523 g/mol. The third-order valence-corrected chi connectivity index (χ3v) is 7.56. The zero-order chi connectivity index (χ0) is 24.6. The molecule has 3 aliphatic rings. The summed E-state index contributed by atoms with van der Waals surface area (Å²) < 4.78 is 5.63. The molecule has 0 radical (unpaired) electrons. The number of primary amides is 1. The van der Waals surface area contributed by atoms with Gasteiger partial charge < -0.3 is 30.9 Å². The molecule has 0 heterocycles. The molecule has 2 unspecified atom stereocenters. The molecule has 4 atom stereocenters. The minimum Gasteiger partial charge on any atom is -0.510 e. The number of nitrogens with two attached hydrogens (primary N) is 1. The maximum absolute atomic E-state index is 13.5. The molecule has 33 heavy (non-hydrogen) atoms. The summed E-state index contributed by atoms with van der Waals surface area (Å²) >= 11 is 3.39. The summed E-state index contributed by atoms with van der Waals surface area (Å²) in [5.74, 6) is -6.88. The number of methoxy groups -OCH3 is 1. The van der Waals surface area contributed by atoms with E-state index in [0.29, 0.717) is 10.0 Å². The molecule has 1 aromatic carbocycles. The Balaban J connectivity index is 1.98. The molecular formula is C22H23BrN2O8. The zero-order valence-electron chi connectivity index (χ0n) is 18.0. The van der Waals surface area contributed by atoms with Gasteiger partial charge in [0.15, 0.2) is 22.9 Å².